The number of likely N-dealkylation sites (tertiary alicyclic amines) is 1. The Hall–Kier alpha value is -0.160. The van der Waals surface area contributed by atoms with E-state index in [1.165, 1.54) is 19.4 Å². The van der Waals surface area contributed by atoms with Gasteiger partial charge in [-0.15, -0.1) is 0 Å². The topological polar surface area (TPSA) is 33.7 Å². The zero-order valence-corrected chi connectivity index (χ0v) is 14.7. The van der Waals surface area contributed by atoms with E-state index in [1.54, 1.807) is 0 Å². The molecule has 0 spiro atoms. The van der Waals surface area contributed by atoms with Crippen molar-refractivity contribution in [2.45, 2.75) is 70.8 Å². The van der Waals surface area contributed by atoms with E-state index in [0.717, 1.165) is 19.6 Å². The molecular weight excluding hydrogens is 264 g/mol. The summed E-state index contributed by atoms with van der Waals surface area (Å²) in [6.45, 7) is 15.4. The van der Waals surface area contributed by atoms with Crippen LogP contribution >= 0.6 is 0 Å². The molecule has 21 heavy (non-hydrogen) atoms. The predicted molar refractivity (Wildman–Crippen MR) is 86.7 cm³/mol. The number of methoxy groups -OCH3 is 1. The maximum Gasteiger partial charge on any atom is 0.0790 e. The van der Waals surface area contributed by atoms with Crippen LogP contribution in [0.5, 0.6) is 0 Å². The van der Waals surface area contributed by atoms with E-state index in [9.17, 15) is 0 Å². The van der Waals surface area contributed by atoms with Crippen LogP contribution in [-0.2, 0) is 9.47 Å². The second kappa shape index (κ2) is 6.53. The Bertz CT molecular complexity index is 344. The van der Waals surface area contributed by atoms with Crippen LogP contribution in [0, 0.1) is 5.92 Å². The Morgan fingerprint density at radius 2 is 1.95 bits per heavy atom. The molecule has 1 N–H and O–H groups in total. The third-order valence-corrected chi connectivity index (χ3v) is 5.24. The maximum atomic E-state index is 6.39. The fraction of sp³-hybridized carbons (Fsp3) is 1.00. The molecule has 0 aromatic heterocycles. The summed E-state index contributed by atoms with van der Waals surface area (Å²) in [6, 6.07) is 0.403. The van der Waals surface area contributed by atoms with Crippen LogP contribution in [0.25, 0.3) is 0 Å². The first-order valence-corrected chi connectivity index (χ1v) is 8.49. The fourth-order valence-electron chi connectivity index (χ4n) is 4.29. The number of ether oxygens (including phenoxy) is 2. The summed E-state index contributed by atoms with van der Waals surface area (Å²) < 4.78 is 12.0. The van der Waals surface area contributed by atoms with Crippen molar-refractivity contribution < 1.29 is 9.47 Å². The molecule has 2 rings (SSSR count). The first kappa shape index (κ1) is 17.2. The van der Waals surface area contributed by atoms with E-state index in [1.807, 2.05) is 7.11 Å². The molecule has 0 amide bonds. The van der Waals surface area contributed by atoms with Crippen LogP contribution in [0.15, 0.2) is 0 Å². The molecule has 2 saturated heterocycles. The molecule has 2 fully saturated rings. The summed E-state index contributed by atoms with van der Waals surface area (Å²) in [7, 11) is 1.83. The van der Waals surface area contributed by atoms with Gasteiger partial charge in [-0.2, -0.15) is 0 Å². The zero-order chi connectivity index (χ0) is 15.7. The molecule has 0 radical (unpaired) electrons. The minimum absolute atomic E-state index is 0.0870. The Morgan fingerprint density at radius 3 is 2.57 bits per heavy atom. The highest BCUT2D eigenvalue weighted by molar-refractivity contribution is 5.06. The molecule has 0 saturated carbocycles. The number of hydrogen-bond donors (Lipinski definition) is 1. The van der Waals surface area contributed by atoms with E-state index < -0.39 is 0 Å². The minimum atomic E-state index is -0.110. The van der Waals surface area contributed by atoms with Gasteiger partial charge in [0.2, 0.25) is 0 Å². The molecule has 0 aromatic rings. The lowest BCUT2D eigenvalue weighted by atomic mass is 9.81. The molecule has 2 aliphatic heterocycles. The van der Waals surface area contributed by atoms with Gasteiger partial charge in [-0.1, -0.05) is 6.92 Å². The lowest BCUT2D eigenvalue weighted by Crippen LogP contribution is -2.52. The summed E-state index contributed by atoms with van der Waals surface area (Å²) in [5, 5.41) is 3.67. The van der Waals surface area contributed by atoms with Crippen LogP contribution in [0.3, 0.4) is 0 Å². The standard InChI is InChI=1S/C17H34N2O2/c1-7-18-15-14(16(2,3)21-17(15,4)5)12-19-10-8-9-13(11-19)20-6/h13-15,18H,7-12H2,1-6H3. The van der Waals surface area contributed by atoms with Crippen molar-refractivity contribution in [1.29, 1.82) is 0 Å². The molecular formula is C17H34N2O2. The van der Waals surface area contributed by atoms with Crippen molar-refractivity contribution in [2.75, 3.05) is 33.3 Å². The van der Waals surface area contributed by atoms with Crippen LogP contribution in [-0.4, -0.2) is 61.5 Å². The second-order valence-corrected chi connectivity index (χ2v) is 7.71. The fourth-order valence-corrected chi connectivity index (χ4v) is 4.29. The third kappa shape index (κ3) is 3.79. The number of hydrogen-bond acceptors (Lipinski definition) is 4. The quantitative estimate of drug-likeness (QED) is 0.844. The van der Waals surface area contributed by atoms with Crippen LogP contribution < -0.4 is 5.32 Å². The van der Waals surface area contributed by atoms with E-state index in [0.29, 0.717) is 18.1 Å². The van der Waals surface area contributed by atoms with Crippen molar-refractivity contribution in [1.82, 2.24) is 10.2 Å². The number of nitrogens with one attached hydrogen (secondary N) is 1. The smallest absolute Gasteiger partial charge is 0.0790 e. The van der Waals surface area contributed by atoms with Gasteiger partial charge in [-0.25, -0.2) is 0 Å². The van der Waals surface area contributed by atoms with Crippen molar-refractivity contribution >= 4 is 0 Å². The van der Waals surface area contributed by atoms with E-state index >= 15 is 0 Å². The summed E-state index contributed by atoms with van der Waals surface area (Å²) in [5.74, 6) is 0.503. The third-order valence-electron chi connectivity index (χ3n) is 5.24. The van der Waals surface area contributed by atoms with Crippen molar-refractivity contribution in [3.05, 3.63) is 0 Å². The molecule has 124 valence electrons. The average Bonchev–Trinajstić information content (AvgIpc) is 2.57. The Kier molecular flexibility index (Phi) is 5.35. The van der Waals surface area contributed by atoms with E-state index in [-0.39, 0.29) is 11.2 Å². The van der Waals surface area contributed by atoms with E-state index in [2.05, 4.69) is 44.8 Å². The molecule has 0 bridgehead atoms. The van der Waals surface area contributed by atoms with Gasteiger partial charge in [-0.3, -0.25) is 0 Å². The normalized spacial score (nSPS) is 36.0. The molecule has 0 aromatic carbocycles. The predicted octanol–water partition coefficient (Wildman–Crippen LogP) is 2.28. The first-order chi connectivity index (χ1) is 9.80. The number of piperidine rings is 1. The van der Waals surface area contributed by atoms with Gasteiger partial charge in [0.25, 0.3) is 0 Å². The van der Waals surface area contributed by atoms with Crippen molar-refractivity contribution in [3.63, 3.8) is 0 Å². The number of likely N-dealkylation sites (N-methyl/N-ethyl adjacent to an activating group) is 1. The Balaban J connectivity index is 2.08. The SMILES string of the molecule is CCNC1C(CN2CCCC(OC)C2)C(C)(C)OC1(C)C. The molecule has 3 unspecified atom stereocenters. The highest BCUT2D eigenvalue weighted by Gasteiger charge is 2.53. The van der Waals surface area contributed by atoms with Crippen LogP contribution in [0.2, 0.25) is 0 Å². The van der Waals surface area contributed by atoms with Gasteiger partial charge in [0.1, 0.15) is 0 Å². The summed E-state index contributed by atoms with van der Waals surface area (Å²) >= 11 is 0. The van der Waals surface area contributed by atoms with Gasteiger partial charge in [0.15, 0.2) is 0 Å². The van der Waals surface area contributed by atoms with Crippen LogP contribution in [0.4, 0.5) is 0 Å². The number of rotatable bonds is 5. The minimum Gasteiger partial charge on any atom is -0.380 e. The summed E-state index contributed by atoms with van der Waals surface area (Å²) in [6.07, 6.45) is 2.83. The Morgan fingerprint density at radius 1 is 1.24 bits per heavy atom. The molecule has 2 heterocycles. The van der Waals surface area contributed by atoms with Gasteiger partial charge in [0, 0.05) is 32.2 Å². The average molecular weight is 298 g/mol. The van der Waals surface area contributed by atoms with E-state index in [4.69, 9.17) is 9.47 Å². The first-order valence-electron chi connectivity index (χ1n) is 8.49. The highest BCUT2D eigenvalue weighted by Crippen LogP contribution is 2.42. The lowest BCUT2D eigenvalue weighted by Gasteiger charge is -2.38. The van der Waals surface area contributed by atoms with Gasteiger partial charge < -0.3 is 19.7 Å². The zero-order valence-electron chi connectivity index (χ0n) is 14.7. The van der Waals surface area contributed by atoms with Gasteiger partial charge >= 0.3 is 0 Å². The van der Waals surface area contributed by atoms with Crippen molar-refractivity contribution in [3.8, 4) is 0 Å². The van der Waals surface area contributed by atoms with Gasteiger partial charge in [-0.05, 0) is 53.6 Å². The second-order valence-electron chi connectivity index (χ2n) is 7.71. The Labute approximate surface area is 130 Å². The van der Waals surface area contributed by atoms with Crippen molar-refractivity contribution in [2.24, 2.45) is 5.92 Å². The maximum absolute atomic E-state index is 6.39. The van der Waals surface area contributed by atoms with Gasteiger partial charge in [0.05, 0.1) is 17.3 Å². The highest BCUT2D eigenvalue weighted by atomic mass is 16.5. The molecule has 3 atom stereocenters. The number of nitrogens with zero attached hydrogens (tertiary/aromatic N) is 1. The molecule has 0 aliphatic carbocycles. The molecule has 4 heteroatoms. The molecule has 4 nitrogen and oxygen atoms in total. The summed E-state index contributed by atoms with van der Waals surface area (Å²) in [5.41, 5.74) is -0.197. The lowest BCUT2D eigenvalue weighted by molar-refractivity contribution is -0.0810. The molecule has 2 aliphatic rings. The summed E-state index contributed by atoms with van der Waals surface area (Å²) in [4.78, 5) is 2.57. The largest absolute Gasteiger partial charge is 0.380 e. The monoisotopic (exact) mass is 298 g/mol. The van der Waals surface area contributed by atoms with Crippen LogP contribution in [0.1, 0.15) is 47.5 Å².